The molecule has 0 saturated heterocycles. The molecule has 0 aliphatic rings. The molecule has 0 nitrogen and oxygen atoms in total. The lowest BCUT2D eigenvalue weighted by Crippen LogP contribution is -2.76. The molecule has 0 spiro atoms. The van der Waals surface area contributed by atoms with Crippen LogP contribution in [0.1, 0.15) is 27.2 Å². The molecule has 0 rings (SSSR count). The minimum absolute atomic E-state index is 0.611. The van der Waals surface area contributed by atoms with E-state index in [0.717, 1.165) is 22.6 Å². The molecule has 0 atom stereocenters. The highest BCUT2D eigenvalue weighted by atomic mass is 127. The third-order valence-corrected chi connectivity index (χ3v) is 5.25. The maximum Gasteiger partial charge on any atom is 0.460 e. The fraction of sp³-hybridized carbons (Fsp3) is 0.882. The lowest BCUT2D eigenvalue weighted by molar-refractivity contribution is -0.474. The monoisotopic (exact) mass is 742 g/mol. The predicted octanol–water partition coefficient (Wildman–Crippen LogP) is 10.0. The highest BCUT2D eigenvalue weighted by molar-refractivity contribution is 14.1. The summed E-state index contributed by atoms with van der Waals surface area (Å²) >= 11 is 0.745. The lowest BCUT2D eigenvalue weighted by atomic mass is 9.85. The van der Waals surface area contributed by atoms with Gasteiger partial charge in [0.15, 0.2) is 0 Å². The summed E-state index contributed by atoms with van der Waals surface area (Å²) in [4.78, 5) is 0. The van der Waals surface area contributed by atoms with E-state index in [2.05, 4.69) is 0 Å². The van der Waals surface area contributed by atoms with Crippen LogP contribution in [0.5, 0.6) is 0 Å². The average Bonchev–Trinajstić information content (AvgIpc) is 2.63. The van der Waals surface area contributed by atoms with Crippen LogP contribution in [0, 0.1) is 5.41 Å². The van der Waals surface area contributed by atoms with Crippen molar-refractivity contribution in [3.8, 4) is 0 Å². The standard InChI is InChI=1S/C17H12F21I/c1-7(2,3)4-6(39)5-8(18,19)9(20,21)10(22,23)11(24,25)12(26,27)13(28,29)14(30,31)15(32,33)16(34,35)17(36,37)38/h4H,5H2,1-3H3/b6-4-. The number of rotatable bonds is 10. The van der Waals surface area contributed by atoms with Gasteiger partial charge in [-0.25, -0.2) is 0 Å². The SMILES string of the molecule is CC(C)(C)/C=C(\I)CC(F)(F)C(F)(F)C(F)(F)C(F)(F)C(F)(F)C(F)(F)C(F)(F)C(F)(F)C(F)(F)C(F)(F)F. The van der Waals surface area contributed by atoms with Crippen molar-refractivity contribution in [2.75, 3.05) is 0 Å². The van der Waals surface area contributed by atoms with Crippen molar-refractivity contribution in [3.63, 3.8) is 0 Å². The lowest BCUT2D eigenvalue weighted by Gasteiger charge is -2.44. The van der Waals surface area contributed by atoms with Crippen molar-refractivity contribution < 1.29 is 92.2 Å². The average molecular weight is 742 g/mol. The predicted molar refractivity (Wildman–Crippen MR) is 96.8 cm³/mol. The highest BCUT2D eigenvalue weighted by Gasteiger charge is 2.97. The quantitative estimate of drug-likeness (QED) is 0.155. The molecule has 0 fully saturated rings. The summed E-state index contributed by atoms with van der Waals surface area (Å²) in [5, 5.41) is 0. The van der Waals surface area contributed by atoms with Gasteiger partial charge in [-0.15, -0.1) is 0 Å². The van der Waals surface area contributed by atoms with Crippen molar-refractivity contribution >= 4 is 22.6 Å². The first kappa shape index (κ1) is 38.0. The normalized spacial score (nSPS) is 17.1. The van der Waals surface area contributed by atoms with Gasteiger partial charge in [-0.3, -0.25) is 0 Å². The summed E-state index contributed by atoms with van der Waals surface area (Å²) in [6, 6.07) is 0. The molecule has 0 aromatic rings. The summed E-state index contributed by atoms with van der Waals surface area (Å²) in [6.07, 6.45) is -10.1. The van der Waals surface area contributed by atoms with E-state index in [0.29, 0.717) is 6.08 Å². The van der Waals surface area contributed by atoms with Crippen LogP contribution in [-0.4, -0.2) is 59.5 Å². The Kier molecular flexibility index (Phi) is 9.54. The number of halogens is 22. The number of hydrogen-bond acceptors (Lipinski definition) is 0. The van der Waals surface area contributed by atoms with Crippen molar-refractivity contribution in [3.05, 3.63) is 9.66 Å². The molecule has 39 heavy (non-hydrogen) atoms. The molecule has 0 unspecified atom stereocenters. The summed E-state index contributed by atoms with van der Waals surface area (Å²) < 4.78 is 279. The smallest absolute Gasteiger partial charge is 0.199 e. The first-order valence-electron chi connectivity index (χ1n) is 9.19. The summed E-state index contributed by atoms with van der Waals surface area (Å²) in [6.45, 7) is 3.52. The van der Waals surface area contributed by atoms with Crippen molar-refractivity contribution in [1.29, 1.82) is 0 Å². The Morgan fingerprint density at radius 3 is 0.897 bits per heavy atom. The van der Waals surface area contributed by atoms with Gasteiger partial charge in [0.1, 0.15) is 0 Å². The first-order valence-corrected chi connectivity index (χ1v) is 10.3. The van der Waals surface area contributed by atoms with Crippen molar-refractivity contribution in [2.45, 2.75) is 86.7 Å². The molecule has 0 saturated carbocycles. The zero-order chi connectivity index (χ0) is 32.5. The molecule has 0 heterocycles. The third kappa shape index (κ3) is 5.60. The largest absolute Gasteiger partial charge is 0.460 e. The zero-order valence-corrected chi connectivity index (χ0v) is 20.8. The van der Waals surface area contributed by atoms with Gasteiger partial charge in [0.05, 0.1) is 0 Å². The molecule has 0 N–H and O–H groups in total. The Hall–Kier alpha value is -1.00. The Labute approximate surface area is 217 Å². The summed E-state index contributed by atoms with van der Waals surface area (Å²) in [5.74, 6) is -76.7. The molecule has 234 valence electrons. The molecular formula is C17H12F21I. The molecule has 0 aliphatic heterocycles. The van der Waals surface area contributed by atoms with Crippen LogP contribution in [-0.2, 0) is 0 Å². The zero-order valence-electron chi connectivity index (χ0n) is 18.6. The van der Waals surface area contributed by atoms with E-state index >= 15 is 0 Å². The Bertz CT molecular complexity index is 918. The number of hydrogen-bond donors (Lipinski definition) is 0. The van der Waals surface area contributed by atoms with Crippen LogP contribution in [0.3, 0.4) is 0 Å². The van der Waals surface area contributed by atoms with Gasteiger partial charge >= 0.3 is 59.5 Å². The number of allylic oxidation sites excluding steroid dienone is 2. The topological polar surface area (TPSA) is 0 Å². The Morgan fingerprint density at radius 1 is 0.436 bits per heavy atom. The molecule has 0 aromatic heterocycles. The first-order chi connectivity index (χ1) is 16.4. The molecular weight excluding hydrogens is 730 g/mol. The van der Waals surface area contributed by atoms with E-state index in [1.807, 2.05) is 0 Å². The van der Waals surface area contributed by atoms with Gasteiger partial charge in [0.25, 0.3) is 0 Å². The van der Waals surface area contributed by atoms with E-state index in [1.165, 1.54) is 20.8 Å². The molecule has 0 aliphatic carbocycles. The molecule has 0 amide bonds. The second-order valence-corrected chi connectivity index (χ2v) is 10.3. The molecule has 22 heteroatoms. The minimum atomic E-state index is -9.16. The van der Waals surface area contributed by atoms with Crippen molar-refractivity contribution in [2.24, 2.45) is 5.41 Å². The summed E-state index contributed by atoms with van der Waals surface area (Å²) in [7, 11) is 0. The van der Waals surface area contributed by atoms with Gasteiger partial charge in [-0.2, -0.15) is 92.2 Å². The van der Waals surface area contributed by atoms with Gasteiger partial charge in [0, 0.05) is 6.42 Å². The fourth-order valence-corrected chi connectivity index (χ4v) is 3.85. The van der Waals surface area contributed by atoms with Crippen LogP contribution in [0.4, 0.5) is 92.2 Å². The fourth-order valence-electron chi connectivity index (χ4n) is 2.43. The third-order valence-electron chi connectivity index (χ3n) is 4.56. The minimum Gasteiger partial charge on any atom is -0.199 e. The molecule has 0 aromatic carbocycles. The highest BCUT2D eigenvalue weighted by Crippen LogP contribution is 2.66. The maximum absolute atomic E-state index is 13.9. The summed E-state index contributed by atoms with van der Waals surface area (Å²) in [5.41, 5.74) is -1.22. The van der Waals surface area contributed by atoms with E-state index in [-0.39, 0.29) is 0 Å². The van der Waals surface area contributed by atoms with Crippen molar-refractivity contribution in [1.82, 2.24) is 0 Å². The Balaban J connectivity index is 7.03. The van der Waals surface area contributed by atoms with Gasteiger partial charge < -0.3 is 0 Å². The van der Waals surface area contributed by atoms with Gasteiger partial charge in [0.2, 0.25) is 0 Å². The Morgan fingerprint density at radius 2 is 0.667 bits per heavy atom. The van der Waals surface area contributed by atoms with Crippen LogP contribution in [0.2, 0.25) is 0 Å². The van der Waals surface area contributed by atoms with E-state index < -0.39 is 74.9 Å². The van der Waals surface area contributed by atoms with Crippen LogP contribution >= 0.6 is 22.6 Å². The van der Waals surface area contributed by atoms with Crippen LogP contribution in [0.15, 0.2) is 9.66 Å². The van der Waals surface area contributed by atoms with Gasteiger partial charge in [-0.05, 0) is 31.6 Å². The van der Waals surface area contributed by atoms with E-state index in [1.54, 1.807) is 0 Å². The van der Waals surface area contributed by atoms with Gasteiger partial charge in [-0.1, -0.05) is 26.8 Å². The van der Waals surface area contributed by atoms with E-state index in [9.17, 15) is 92.2 Å². The maximum atomic E-state index is 13.9. The van der Waals surface area contributed by atoms with E-state index in [4.69, 9.17) is 0 Å². The number of alkyl halides is 21. The van der Waals surface area contributed by atoms with Crippen LogP contribution < -0.4 is 0 Å². The molecule has 0 bridgehead atoms. The second kappa shape index (κ2) is 9.79. The van der Waals surface area contributed by atoms with Crippen LogP contribution in [0.25, 0.3) is 0 Å². The molecule has 0 radical (unpaired) electrons. The second-order valence-electron chi connectivity index (χ2n) is 8.93.